The SMILES string of the molecule is C=CC(=O)N1CCN(C(=C)SN=C2CC=C(Cl)C(c3c(C)ccc4[nH]ncc34)=N2)CC1. The first-order valence-corrected chi connectivity index (χ1v) is 11.1. The molecule has 1 amide bonds. The molecule has 0 aliphatic carbocycles. The number of benzene rings is 1. The van der Waals surface area contributed by atoms with Crippen LogP contribution in [0.3, 0.4) is 0 Å². The van der Waals surface area contributed by atoms with Crippen molar-refractivity contribution in [1.29, 1.82) is 0 Å². The average molecular weight is 455 g/mol. The molecule has 4 rings (SSSR count). The van der Waals surface area contributed by atoms with Gasteiger partial charge in [0.25, 0.3) is 0 Å². The molecule has 0 radical (unpaired) electrons. The number of amidine groups is 1. The summed E-state index contributed by atoms with van der Waals surface area (Å²) in [5.41, 5.74) is 3.68. The van der Waals surface area contributed by atoms with Gasteiger partial charge in [0.2, 0.25) is 5.91 Å². The highest BCUT2D eigenvalue weighted by Crippen LogP contribution is 2.29. The molecule has 0 atom stereocenters. The molecule has 1 fully saturated rings. The van der Waals surface area contributed by atoms with Gasteiger partial charge >= 0.3 is 0 Å². The van der Waals surface area contributed by atoms with E-state index in [4.69, 9.17) is 16.6 Å². The summed E-state index contributed by atoms with van der Waals surface area (Å²) in [4.78, 5) is 20.4. The van der Waals surface area contributed by atoms with Crippen LogP contribution < -0.4 is 0 Å². The lowest BCUT2D eigenvalue weighted by Crippen LogP contribution is -2.47. The number of hydrogen-bond acceptors (Lipinski definition) is 5. The maximum atomic E-state index is 11.7. The molecule has 0 bridgehead atoms. The minimum absolute atomic E-state index is 0.0335. The molecule has 0 unspecified atom stereocenters. The zero-order valence-electron chi connectivity index (χ0n) is 17.3. The number of H-pyrrole nitrogens is 1. The smallest absolute Gasteiger partial charge is 0.246 e. The van der Waals surface area contributed by atoms with Gasteiger partial charge in [0.1, 0.15) is 5.84 Å². The summed E-state index contributed by atoms with van der Waals surface area (Å²) >= 11 is 7.84. The fourth-order valence-corrected chi connectivity index (χ4v) is 4.49. The molecule has 2 aliphatic rings. The number of nitrogens with zero attached hydrogens (tertiary/aromatic N) is 5. The Morgan fingerprint density at radius 2 is 2.03 bits per heavy atom. The number of aryl methyl sites for hydroxylation is 1. The molecular weight excluding hydrogens is 432 g/mol. The average Bonchev–Trinajstić information content (AvgIpc) is 3.27. The maximum absolute atomic E-state index is 11.7. The van der Waals surface area contributed by atoms with Gasteiger partial charge in [-0.1, -0.05) is 36.9 Å². The van der Waals surface area contributed by atoms with Crippen molar-refractivity contribution in [2.75, 3.05) is 26.2 Å². The Kier molecular flexibility index (Phi) is 6.29. The zero-order valence-corrected chi connectivity index (χ0v) is 18.8. The molecule has 1 aromatic carbocycles. The van der Waals surface area contributed by atoms with E-state index in [0.717, 1.165) is 40.1 Å². The number of aromatic nitrogens is 2. The Morgan fingerprint density at radius 3 is 2.77 bits per heavy atom. The maximum Gasteiger partial charge on any atom is 0.246 e. The zero-order chi connectivity index (χ0) is 22.0. The van der Waals surface area contributed by atoms with E-state index >= 15 is 0 Å². The van der Waals surface area contributed by atoms with E-state index in [1.54, 1.807) is 11.1 Å². The van der Waals surface area contributed by atoms with Crippen LogP contribution in [-0.4, -0.2) is 63.6 Å². The van der Waals surface area contributed by atoms with Gasteiger partial charge in [-0.05, 0) is 24.6 Å². The second-order valence-corrected chi connectivity index (χ2v) is 8.56. The lowest BCUT2D eigenvalue weighted by atomic mass is 9.98. The molecule has 2 aromatic rings. The van der Waals surface area contributed by atoms with Crippen molar-refractivity contribution < 1.29 is 4.79 Å². The predicted octanol–water partition coefficient (Wildman–Crippen LogP) is 4.03. The molecule has 3 heterocycles. The molecule has 0 spiro atoms. The monoisotopic (exact) mass is 454 g/mol. The number of carbonyl (C=O) groups excluding carboxylic acids is 1. The van der Waals surface area contributed by atoms with Crippen molar-refractivity contribution in [2.45, 2.75) is 13.3 Å². The van der Waals surface area contributed by atoms with Crippen LogP contribution in [-0.2, 0) is 4.79 Å². The second kappa shape index (κ2) is 9.11. The van der Waals surface area contributed by atoms with E-state index in [1.165, 1.54) is 18.0 Å². The van der Waals surface area contributed by atoms with E-state index in [0.29, 0.717) is 36.1 Å². The van der Waals surface area contributed by atoms with Gasteiger partial charge < -0.3 is 9.80 Å². The number of fused-ring (bicyclic) bond motifs is 1. The predicted molar refractivity (Wildman–Crippen MR) is 128 cm³/mol. The first-order valence-electron chi connectivity index (χ1n) is 9.94. The summed E-state index contributed by atoms with van der Waals surface area (Å²) < 4.78 is 4.62. The van der Waals surface area contributed by atoms with Crippen molar-refractivity contribution in [3.8, 4) is 0 Å². The number of aliphatic imine (C=N–C) groups is 1. The normalized spacial score (nSPS) is 18.2. The lowest BCUT2D eigenvalue weighted by Gasteiger charge is -2.35. The third-order valence-electron chi connectivity index (χ3n) is 5.38. The molecule has 1 saturated heterocycles. The number of piperazine rings is 1. The van der Waals surface area contributed by atoms with Gasteiger partial charge in [0, 0.05) is 55.5 Å². The van der Waals surface area contributed by atoms with Gasteiger partial charge in [0.15, 0.2) is 0 Å². The third-order valence-corrected chi connectivity index (χ3v) is 6.48. The fourth-order valence-electron chi connectivity index (χ4n) is 3.65. The second-order valence-electron chi connectivity index (χ2n) is 7.31. The summed E-state index contributed by atoms with van der Waals surface area (Å²) in [6.07, 6.45) is 5.64. The van der Waals surface area contributed by atoms with Crippen LogP contribution in [0.15, 0.2) is 63.1 Å². The third kappa shape index (κ3) is 4.45. The van der Waals surface area contributed by atoms with Gasteiger partial charge in [0.05, 0.1) is 27.5 Å². The molecule has 1 N–H and O–H groups in total. The number of allylic oxidation sites excluding steroid dienone is 1. The summed E-state index contributed by atoms with van der Waals surface area (Å²) in [5, 5.41) is 9.58. The number of rotatable bonds is 5. The van der Waals surface area contributed by atoms with E-state index < -0.39 is 0 Å². The van der Waals surface area contributed by atoms with Crippen LogP contribution in [0.4, 0.5) is 0 Å². The van der Waals surface area contributed by atoms with Crippen molar-refractivity contribution >= 4 is 51.9 Å². The first-order chi connectivity index (χ1) is 15.0. The van der Waals surface area contributed by atoms with E-state index in [-0.39, 0.29) is 5.91 Å². The van der Waals surface area contributed by atoms with E-state index in [9.17, 15) is 4.79 Å². The van der Waals surface area contributed by atoms with Gasteiger partial charge in [-0.25, -0.2) is 4.99 Å². The number of halogens is 1. The largest absolute Gasteiger partial charge is 0.362 e. The van der Waals surface area contributed by atoms with Crippen LogP contribution in [0.5, 0.6) is 0 Å². The highest BCUT2D eigenvalue weighted by Gasteiger charge is 2.22. The van der Waals surface area contributed by atoms with Gasteiger partial charge in [-0.15, -0.1) is 0 Å². The van der Waals surface area contributed by atoms with E-state index in [1.807, 2.05) is 25.1 Å². The van der Waals surface area contributed by atoms with Crippen LogP contribution in [0.2, 0.25) is 0 Å². The highest BCUT2D eigenvalue weighted by molar-refractivity contribution is 8.01. The van der Waals surface area contributed by atoms with Gasteiger partial charge in [-0.3, -0.25) is 9.89 Å². The van der Waals surface area contributed by atoms with Crippen molar-refractivity contribution in [3.63, 3.8) is 0 Å². The van der Waals surface area contributed by atoms with Crippen LogP contribution in [0.25, 0.3) is 10.9 Å². The Labute approximate surface area is 190 Å². The first kappa shape index (κ1) is 21.4. The quantitative estimate of drug-likeness (QED) is 0.546. The van der Waals surface area contributed by atoms with Crippen LogP contribution in [0.1, 0.15) is 17.5 Å². The number of aromatic amines is 1. The van der Waals surface area contributed by atoms with Crippen LogP contribution >= 0.6 is 23.5 Å². The van der Waals surface area contributed by atoms with Gasteiger partial charge in [-0.2, -0.15) is 9.50 Å². The number of nitrogens with one attached hydrogen (secondary N) is 1. The van der Waals surface area contributed by atoms with Crippen molar-refractivity contribution in [2.24, 2.45) is 9.39 Å². The molecular formula is C22H23ClN6OS. The fraction of sp³-hybridized carbons (Fsp3) is 0.273. The Bertz CT molecular complexity index is 1140. The van der Waals surface area contributed by atoms with Crippen LogP contribution in [0, 0.1) is 6.92 Å². The summed E-state index contributed by atoms with van der Waals surface area (Å²) in [6.45, 7) is 12.5. The molecule has 2 aliphatic heterocycles. The number of amides is 1. The molecule has 1 aromatic heterocycles. The Hall–Kier alpha value is -2.84. The molecule has 9 heteroatoms. The highest BCUT2D eigenvalue weighted by atomic mass is 35.5. The minimum Gasteiger partial charge on any atom is -0.362 e. The molecule has 0 saturated carbocycles. The number of carbonyl (C=O) groups is 1. The van der Waals surface area contributed by atoms with Crippen molar-refractivity contribution in [1.82, 2.24) is 20.0 Å². The minimum atomic E-state index is -0.0335. The molecule has 7 nitrogen and oxygen atoms in total. The summed E-state index contributed by atoms with van der Waals surface area (Å²) in [5.74, 6) is 0.653. The number of hydrogen-bond donors (Lipinski definition) is 1. The Balaban J connectivity index is 1.49. The Morgan fingerprint density at radius 1 is 1.29 bits per heavy atom. The number of dihydropyridines is 1. The molecule has 31 heavy (non-hydrogen) atoms. The topological polar surface area (TPSA) is 77.0 Å². The standard InChI is InChI=1S/C22H23ClN6OS/c1-4-20(30)29-11-9-28(10-12-29)15(3)31-27-19-8-6-17(23)22(25-19)21-14(2)5-7-18-16(21)13-24-26-18/h4-7,13H,1,3,8-12H2,2H3,(H,24,26). The van der Waals surface area contributed by atoms with E-state index in [2.05, 4.69) is 32.7 Å². The lowest BCUT2D eigenvalue weighted by molar-refractivity contribution is -0.127. The summed E-state index contributed by atoms with van der Waals surface area (Å²) in [7, 11) is 0. The molecule has 160 valence electrons. The van der Waals surface area contributed by atoms with Crippen molar-refractivity contribution in [3.05, 3.63) is 64.8 Å². The summed E-state index contributed by atoms with van der Waals surface area (Å²) in [6, 6.07) is 4.03.